The predicted octanol–water partition coefficient (Wildman–Crippen LogP) is 2.95. The van der Waals surface area contributed by atoms with E-state index in [2.05, 4.69) is 15.6 Å². The lowest BCUT2D eigenvalue weighted by molar-refractivity contribution is -0.136. The summed E-state index contributed by atoms with van der Waals surface area (Å²) in [6.07, 6.45) is 1.16. The van der Waals surface area contributed by atoms with Crippen molar-refractivity contribution in [3.05, 3.63) is 42.5 Å². The van der Waals surface area contributed by atoms with Crippen molar-refractivity contribution in [1.29, 1.82) is 0 Å². The van der Waals surface area contributed by atoms with E-state index < -0.39 is 17.8 Å². The Morgan fingerprint density at radius 1 is 1.25 bits per heavy atom. The largest absolute Gasteiger partial charge is 0.418 e. The molecule has 0 aliphatic carbocycles. The van der Waals surface area contributed by atoms with Crippen molar-refractivity contribution < 1.29 is 22.7 Å². The molecule has 1 fully saturated rings. The number of hydrogen-bond donors (Lipinski definition) is 2. The number of imidazole rings is 1. The zero-order valence-corrected chi connectivity index (χ0v) is 15.2. The molecule has 0 radical (unpaired) electrons. The van der Waals surface area contributed by atoms with Crippen LogP contribution in [0.25, 0.3) is 0 Å². The SMILES string of the molecule is O=C(NCCCn1ccnc1)Nc1ccc(N2CCOCC2)cc1C(F)(F)F. The molecule has 10 heteroatoms. The average Bonchev–Trinajstić information content (AvgIpc) is 3.19. The number of carbonyl (C=O) groups excluding carboxylic acids is 1. The Kier molecular flexibility index (Phi) is 6.40. The number of nitrogens with one attached hydrogen (secondary N) is 2. The van der Waals surface area contributed by atoms with Gasteiger partial charge in [-0.2, -0.15) is 13.2 Å². The molecule has 0 spiro atoms. The van der Waals surface area contributed by atoms with E-state index in [9.17, 15) is 18.0 Å². The molecule has 0 saturated carbocycles. The third-order valence-electron chi connectivity index (χ3n) is 4.37. The van der Waals surface area contributed by atoms with E-state index in [-0.39, 0.29) is 5.69 Å². The number of hydrogen-bond acceptors (Lipinski definition) is 4. The van der Waals surface area contributed by atoms with Gasteiger partial charge in [-0.15, -0.1) is 0 Å². The Morgan fingerprint density at radius 2 is 2.04 bits per heavy atom. The van der Waals surface area contributed by atoms with Crippen molar-refractivity contribution in [2.24, 2.45) is 0 Å². The van der Waals surface area contributed by atoms with Gasteiger partial charge < -0.3 is 24.8 Å². The molecule has 1 aromatic carbocycles. The van der Waals surface area contributed by atoms with Crippen molar-refractivity contribution in [3.63, 3.8) is 0 Å². The normalized spacial score (nSPS) is 14.8. The van der Waals surface area contributed by atoms with E-state index >= 15 is 0 Å². The second-order valence-corrected chi connectivity index (χ2v) is 6.36. The number of aromatic nitrogens is 2. The molecular weight excluding hydrogens is 375 g/mol. The summed E-state index contributed by atoms with van der Waals surface area (Å²) < 4.78 is 47.5. The second kappa shape index (κ2) is 8.96. The molecular formula is C18H22F3N5O2. The summed E-state index contributed by atoms with van der Waals surface area (Å²) >= 11 is 0. The summed E-state index contributed by atoms with van der Waals surface area (Å²) in [5.74, 6) is 0. The summed E-state index contributed by atoms with van der Waals surface area (Å²) in [6, 6.07) is 3.27. The van der Waals surface area contributed by atoms with Crippen molar-refractivity contribution in [2.45, 2.75) is 19.1 Å². The quantitative estimate of drug-likeness (QED) is 0.736. The topological polar surface area (TPSA) is 71.4 Å². The van der Waals surface area contributed by atoms with E-state index in [1.807, 2.05) is 9.47 Å². The van der Waals surface area contributed by atoms with Crippen LogP contribution in [0.5, 0.6) is 0 Å². The molecule has 2 aromatic rings. The molecule has 2 heterocycles. The number of benzene rings is 1. The molecule has 0 bridgehead atoms. The lowest BCUT2D eigenvalue weighted by atomic mass is 10.1. The molecule has 1 aromatic heterocycles. The van der Waals surface area contributed by atoms with Gasteiger partial charge >= 0.3 is 12.2 Å². The highest BCUT2D eigenvalue weighted by atomic mass is 19.4. The lowest BCUT2D eigenvalue weighted by Gasteiger charge is -2.29. The summed E-state index contributed by atoms with van der Waals surface area (Å²) in [6.45, 7) is 2.99. The summed E-state index contributed by atoms with van der Waals surface area (Å²) in [7, 11) is 0. The minimum absolute atomic E-state index is 0.267. The molecule has 2 N–H and O–H groups in total. The lowest BCUT2D eigenvalue weighted by Crippen LogP contribution is -2.36. The molecule has 7 nitrogen and oxygen atoms in total. The number of amides is 2. The highest BCUT2D eigenvalue weighted by molar-refractivity contribution is 5.90. The van der Waals surface area contributed by atoms with Gasteiger partial charge in [-0.25, -0.2) is 9.78 Å². The minimum Gasteiger partial charge on any atom is -0.378 e. The van der Waals surface area contributed by atoms with Crippen LogP contribution >= 0.6 is 0 Å². The molecule has 2 amide bonds. The van der Waals surface area contributed by atoms with Gasteiger partial charge in [0.1, 0.15) is 0 Å². The number of carbonyl (C=O) groups is 1. The van der Waals surface area contributed by atoms with Crippen LogP contribution in [0.2, 0.25) is 0 Å². The third kappa shape index (κ3) is 5.38. The van der Waals surface area contributed by atoms with Gasteiger partial charge in [0.05, 0.1) is 30.8 Å². The van der Waals surface area contributed by atoms with Crippen LogP contribution in [-0.4, -0.2) is 48.4 Å². The maximum absolute atomic E-state index is 13.5. The number of anilines is 2. The van der Waals surface area contributed by atoms with Crippen molar-refractivity contribution >= 4 is 17.4 Å². The molecule has 3 rings (SSSR count). The first-order chi connectivity index (χ1) is 13.4. The number of aryl methyl sites for hydroxylation is 1. The van der Waals surface area contributed by atoms with Crippen LogP contribution in [0.15, 0.2) is 36.9 Å². The maximum atomic E-state index is 13.5. The Hall–Kier alpha value is -2.75. The molecule has 1 aliphatic heterocycles. The number of morpholine rings is 1. The minimum atomic E-state index is -4.58. The zero-order valence-electron chi connectivity index (χ0n) is 15.2. The molecule has 28 heavy (non-hydrogen) atoms. The number of nitrogens with zero attached hydrogens (tertiary/aromatic N) is 3. The molecule has 0 unspecified atom stereocenters. The summed E-state index contributed by atoms with van der Waals surface area (Å²) in [5.41, 5.74) is -0.677. The van der Waals surface area contributed by atoms with E-state index in [0.29, 0.717) is 51.5 Å². The van der Waals surface area contributed by atoms with E-state index in [0.717, 1.165) is 6.07 Å². The third-order valence-corrected chi connectivity index (χ3v) is 4.37. The summed E-state index contributed by atoms with van der Waals surface area (Å²) in [4.78, 5) is 17.7. The van der Waals surface area contributed by atoms with Crippen molar-refractivity contribution in [2.75, 3.05) is 43.1 Å². The van der Waals surface area contributed by atoms with Crippen molar-refractivity contribution in [1.82, 2.24) is 14.9 Å². The Balaban J connectivity index is 1.60. The Labute approximate surface area is 160 Å². The number of rotatable bonds is 6. The average molecular weight is 397 g/mol. The fraction of sp³-hybridized carbons (Fsp3) is 0.444. The second-order valence-electron chi connectivity index (χ2n) is 6.36. The highest BCUT2D eigenvalue weighted by Crippen LogP contribution is 2.37. The Bertz CT molecular complexity index is 774. The first kappa shape index (κ1) is 20.0. The first-order valence-corrected chi connectivity index (χ1v) is 8.98. The standard InChI is InChI=1S/C18H22F3N5O2/c19-18(20,21)15-12-14(26-8-10-28-11-9-26)2-3-16(15)24-17(27)23-4-1-6-25-7-5-22-13-25/h2-3,5,7,12-13H,1,4,6,8-11H2,(H2,23,24,27). The van der Waals surface area contributed by atoms with Crippen LogP contribution in [0.4, 0.5) is 29.3 Å². The van der Waals surface area contributed by atoms with Crippen LogP contribution in [-0.2, 0) is 17.5 Å². The molecule has 152 valence electrons. The highest BCUT2D eigenvalue weighted by Gasteiger charge is 2.34. The number of urea groups is 1. The monoisotopic (exact) mass is 397 g/mol. The maximum Gasteiger partial charge on any atom is 0.418 e. The fourth-order valence-electron chi connectivity index (χ4n) is 2.94. The van der Waals surface area contributed by atoms with E-state index in [1.54, 1.807) is 24.8 Å². The fourth-order valence-corrected chi connectivity index (χ4v) is 2.94. The number of alkyl halides is 3. The van der Waals surface area contributed by atoms with Gasteiger partial charge in [0, 0.05) is 44.3 Å². The molecule has 1 aliphatic rings. The zero-order chi connectivity index (χ0) is 20.0. The van der Waals surface area contributed by atoms with Crippen LogP contribution in [0.1, 0.15) is 12.0 Å². The van der Waals surface area contributed by atoms with E-state index in [4.69, 9.17) is 4.74 Å². The van der Waals surface area contributed by atoms with Crippen LogP contribution in [0, 0.1) is 0 Å². The van der Waals surface area contributed by atoms with E-state index in [1.165, 1.54) is 6.07 Å². The number of ether oxygens (including phenoxy) is 1. The summed E-state index contributed by atoms with van der Waals surface area (Å²) in [5, 5.41) is 4.88. The number of halogens is 3. The molecule has 1 saturated heterocycles. The van der Waals surface area contributed by atoms with Gasteiger partial charge in [0.15, 0.2) is 0 Å². The van der Waals surface area contributed by atoms with Gasteiger partial charge in [0.25, 0.3) is 0 Å². The Morgan fingerprint density at radius 3 is 2.71 bits per heavy atom. The molecule has 0 atom stereocenters. The van der Waals surface area contributed by atoms with Gasteiger partial charge in [0.2, 0.25) is 0 Å². The smallest absolute Gasteiger partial charge is 0.378 e. The van der Waals surface area contributed by atoms with Crippen LogP contribution < -0.4 is 15.5 Å². The van der Waals surface area contributed by atoms with Gasteiger partial charge in [-0.05, 0) is 24.6 Å². The van der Waals surface area contributed by atoms with Crippen LogP contribution in [0.3, 0.4) is 0 Å². The van der Waals surface area contributed by atoms with Gasteiger partial charge in [-0.3, -0.25) is 0 Å². The first-order valence-electron chi connectivity index (χ1n) is 8.98. The predicted molar refractivity (Wildman–Crippen MR) is 98.3 cm³/mol. The van der Waals surface area contributed by atoms with Gasteiger partial charge in [-0.1, -0.05) is 0 Å². The van der Waals surface area contributed by atoms with Crippen molar-refractivity contribution in [3.8, 4) is 0 Å².